The van der Waals surface area contributed by atoms with Crippen molar-refractivity contribution in [3.63, 3.8) is 0 Å². The number of rotatable bonds is 0. The van der Waals surface area contributed by atoms with Gasteiger partial charge in [0.15, 0.2) is 0 Å². The summed E-state index contributed by atoms with van der Waals surface area (Å²) >= 11 is 4.99. The van der Waals surface area contributed by atoms with Crippen molar-refractivity contribution >= 4 is 50.3 Å². The molecule has 0 aliphatic rings. The van der Waals surface area contributed by atoms with E-state index < -0.39 is 0 Å². The molecule has 1 heterocycles. The van der Waals surface area contributed by atoms with Crippen LogP contribution in [0.2, 0.25) is 0 Å². The highest BCUT2D eigenvalue weighted by atomic mass is 79.9. The van der Waals surface area contributed by atoms with Gasteiger partial charge in [-0.15, -0.1) is 11.3 Å². The fraction of sp³-hybridized carbons (Fsp3) is 0. The average Bonchev–Trinajstić information content (AvgIpc) is 1.86. The Labute approximate surface area is 71.2 Å². The van der Waals surface area contributed by atoms with Crippen LogP contribution in [-0.2, 0) is 0 Å². The van der Waals surface area contributed by atoms with E-state index in [1.807, 2.05) is 17.5 Å². The van der Waals surface area contributed by atoms with Crippen LogP contribution in [0.15, 0.2) is 21.3 Å². The number of hydrogen-bond acceptors (Lipinski definition) is 1. The lowest BCUT2D eigenvalue weighted by atomic mass is 10.7. The van der Waals surface area contributed by atoms with E-state index in [2.05, 4.69) is 15.9 Å². The first-order chi connectivity index (χ1) is 2.89. The fourth-order valence-corrected chi connectivity index (χ4v) is 1.18. The molecule has 0 saturated carbocycles. The van der Waals surface area contributed by atoms with Crippen LogP contribution in [0.1, 0.15) is 0 Å². The van der Waals surface area contributed by atoms with Crippen molar-refractivity contribution < 1.29 is 0 Å². The summed E-state index contributed by atoms with van der Waals surface area (Å²) in [6, 6.07) is 4.03. The lowest BCUT2D eigenvalue weighted by Gasteiger charge is -1.62. The van der Waals surface area contributed by atoms with Gasteiger partial charge in [-0.1, -0.05) is 6.07 Å². The van der Waals surface area contributed by atoms with Crippen molar-refractivity contribution in [2.24, 2.45) is 0 Å². The topological polar surface area (TPSA) is 0 Å². The summed E-state index contributed by atoms with van der Waals surface area (Å²) in [5.41, 5.74) is 0. The summed E-state index contributed by atoms with van der Waals surface area (Å²) in [6.07, 6.45) is 0. The first-order valence-electron chi connectivity index (χ1n) is 1.58. The lowest BCUT2D eigenvalue weighted by Crippen LogP contribution is -1.29. The van der Waals surface area contributed by atoms with Gasteiger partial charge in [-0.2, -0.15) is 0 Å². The summed E-state index contributed by atoms with van der Waals surface area (Å²) < 4.78 is 1.20. The first-order valence-corrected chi connectivity index (χ1v) is 3.26. The molecule has 7 heavy (non-hydrogen) atoms. The quantitative estimate of drug-likeness (QED) is 0.546. The summed E-state index contributed by atoms with van der Waals surface area (Å²) in [5, 5.41) is 2.03. The molecule has 0 atom stereocenters. The van der Waals surface area contributed by atoms with Gasteiger partial charge >= 0.3 is 0 Å². The van der Waals surface area contributed by atoms with E-state index in [1.165, 1.54) is 3.79 Å². The second-order valence-electron chi connectivity index (χ2n) is 0.917. The van der Waals surface area contributed by atoms with Crippen LogP contribution in [0, 0.1) is 0 Å². The summed E-state index contributed by atoms with van der Waals surface area (Å²) in [4.78, 5) is 0. The largest absolute Gasteiger partial charge is 0.137 e. The molecule has 0 saturated heterocycles. The zero-order valence-electron chi connectivity index (χ0n) is 3.73. The van der Waals surface area contributed by atoms with Gasteiger partial charge in [0.25, 0.3) is 0 Å². The van der Waals surface area contributed by atoms with Gasteiger partial charge < -0.3 is 0 Å². The average molecular weight is 187 g/mol. The Morgan fingerprint density at radius 1 is 1.57 bits per heavy atom. The molecule has 0 aliphatic heterocycles. The number of hydrogen-bond donors (Lipinski definition) is 0. The molecule has 0 unspecified atom stereocenters. The van der Waals surface area contributed by atoms with E-state index in [1.54, 1.807) is 11.3 Å². The molecule has 0 amide bonds. The Morgan fingerprint density at radius 2 is 2.29 bits per heavy atom. The minimum absolute atomic E-state index is 0. The minimum Gasteiger partial charge on any atom is -0.137 e. The van der Waals surface area contributed by atoms with Crippen LogP contribution >= 0.6 is 27.3 Å². The van der Waals surface area contributed by atoms with E-state index >= 15 is 0 Å². The zero-order chi connectivity index (χ0) is 4.41. The van der Waals surface area contributed by atoms with E-state index in [0.717, 1.165) is 0 Å². The van der Waals surface area contributed by atoms with Gasteiger partial charge in [0.1, 0.15) is 0 Å². The molecule has 0 fully saturated rings. The molecule has 0 nitrogen and oxygen atoms in total. The molecule has 1 aromatic heterocycles. The first kappa shape index (κ1) is 7.95. The number of thiophene rings is 1. The highest BCUT2D eigenvalue weighted by Crippen LogP contribution is 2.14. The molecule has 0 aromatic carbocycles. The molecule has 0 N–H and O–H groups in total. The van der Waals surface area contributed by atoms with Gasteiger partial charge in [0, 0.05) is 23.1 Å². The maximum Gasteiger partial charge on any atom is 0.0698 e. The molecule has 34 valence electrons. The van der Waals surface area contributed by atoms with Crippen LogP contribution in [0.5, 0.6) is 0 Å². The third kappa shape index (κ3) is 2.69. The van der Waals surface area contributed by atoms with Crippen LogP contribution < -0.4 is 0 Å². The summed E-state index contributed by atoms with van der Waals surface area (Å²) in [7, 11) is 0. The summed E-state index contributed by atoms with van der Waals surface area (Å²) in [6.45, 7) is 0. The Hall–Kier alpha value is 0.946. The highest BCUT2D eigenvalue weighted by molar-refractivity contribution is 9.11. The second kappa shape index (κ2) is 3.89. The van der Waals surface area contributed by atoms with Gasteiger partial charge in [-0.05, 0) is 27.4 Å². The Bertz CT molecular complexity index is 115. The second-order valence-corrected chi connectivity index (χ2v) is 3.24. The van der Waals surface area contributed by atoms with Gasteiger partial charge in [-0.25, -0.2) is 0 Å². The standard InChI is InChI=1S/C4H3BrS.Mg/c5-4-2-1-3-6-4;/h1-3H;. The lowest BCUT2D eigenvalue weighted by molar-refractivity contribution is 1.97. The molecule has 0 aliphatic carbocycles. The van der Waals surface area contributed by atoms with Gasteiger partial charge in [-0.3, -0.25) is 0 Å². The number of halogens is 1. The summed E-state index contributed by atoms with van der Waals surface area (Å²) in [5.74, 6) is 0. The van der Waals surface area contributed by atoms with Crippen LogP contribution in [-0.4, -0.2) is 23.1 Å². The predicted molar refractivity (Wildman–Crippen MR) is 37.8 cm³/mol. The molecule has 1 rings (SSSR count). The van der Waals surface area contributed by atoms with Crippen molar-refractivity contribution in [2.45, 2.75) is 0 Å². The molecular weight excluding hydrogens is 184 g/mol. The highest BCUT2D eigenvalue weighted by Gasteiger charge is 1.77. The van der Waals surface area contributed by atoms with Crippen LogP contribution in [0.25, 0.3) is 0 Å². The van der Waals surface area contributed by atoms with Crippen LogP contribution in [0.3, 0.4) is 0 Å². The van der Waals surface area contributed by atoms with Crippen molar-refractivity contribution in [2.75, 3.05) is 0 Å². The fourth-order valence-electron chi connectivity index (χ4n) is 0.259. The SMILES string of the molecule is Brc1cccs1.[Mg]. The molecule has 1 aromatic rings. The maximum atomic E-state index is 3.30. The predicted octanol–water partition coefficient (Wildman–Crippen LogP) is 2.13. The van der Waals surface area contributed by atoms with E-state index in [0.29, 0.717) is 0 Å². The maximum absolute atomic E-state index is 3.30. The molecule has 2 radical (unpaired) electrons. The third-order valence-corrected chi connectivity index (χ3v) is 1.97. The Balaban J connectivity index is 0.000000360. The van der Waals surface area contributed by atoms with Crippen molar-refractivity contribution in [1.82, 2.24) is 0 Å². The van der Waals surface area contributed by atoms with E-state index in [9.17, 15) is 0 Å². The minimum atomic E-state index is 0. The van der Waals surface area contributed by atoms with E-state index in [-0.39, 0.29) is 23.1 Å². The smallest absolute Gasteiger partial charge is 0.0698 e. The molecular formula is C4H3BrMgS. The van der Waals surface area contributed by atoms with Crippen molar-refractivity contribution in [3.8, 4) is 0 Å². The van der Waals surface area contributed by atoms with Gasteiger partial charge in [0.05, 0.1) is 3.79 Å². The zero-order valence-corrected chi connectivity index (χ0v) is 7.54. The van der Waals surface area contributed by atoms with E-state index in [4.69, 9.17) is 0 Å². The Morgan fingerprint density at radius 3 is 2.43 bits per heavy atom. The van der Waals surface area contributed by atoms with Gasteiger partial charge in [0.2, 0.25) is 0 Å². The Kier molecular flexibility index (Phi) is 4.42. The normalized spacial score (nSPS) is 7.57. The molecule has 3 heteroatoms. The van der Waals surface area contributed by atoms with Crippen molar-refractivity contribution in [1.29, 1.82) is 0 Å². The third-order valence-electron chi connectivity index (χ3n) is 0.486. The van der Waals surface area contributed by atoms with Crippen molar-refractivity contribution in [3.05, 3.63) is 21.3 Å². The molecule has 0 spiro atoms. The van der Waals surface area contributed by atoms with Crippen LogP contribution in [0.4, 0.5) is 0 Å². The monoisotopic (exact) mass is 186 g/mol. The molecule has 0 bridgehead atoms.